The van der Waals surface area contributed by atoms with Gasteiger partial charge in [0, 0.05) is 37.4 Å². The second-order valence-corrected chi connectivity index (χ2v) is 5.43. The zero-order chi connectivity index (χ0) is 14.5. The molecule has 0 atom stereocenters. The highest BCUT2D eigenvalue weighted by atomic mass is 32.2. The fraction of sp³-hybridized carbons (Fsp3) is 0.333. The highest BCUT2D eigenvalue weighted by Gasteiger charge is 2.09. The van der Waals surface area contributed by atoms with Crippen LogP contribution in [-0.4, -0.2) is 22.9 Å². The van der Waals surface area contributed by atoms with Crippen LogP contribution < -0.4 is 10.5 Å². The molecule has 2 rings (SSSR count). The molecule has 106 valence electrons. The van der Waals surface area contributed by atoms with Crippen LogP contribution >= 0.6 is 11.8 Å². The summed E-state index contributed by atoms with van der Waals surface area (Å²) in [5, 5.41) is 0. The first kappa shape index (κ1) is 14.7. The molecule has 0 fully saturated rings. The lowest BCUT2D eigenvalue weighted by Crippen LogP contribution is -2.29. The smallest absolute Gasteiger partial charge is 0.293 e. The van der Waals surface area contributed by atoms with Crippen molar-refractivity contribution in [3.8, 4) is 0 Å². The molecule has 0 unspecified atom stereocenters. The van der Waals surface area contributed by atoms with Crippen molar-refractivity contribution in [2.24, 2.45) is 0 Å². The Hall–Kier alpha value is -1.75. The highest BCUT2D eigenvalue weighted by Crippen LogP contribution is 2.16. The van der Waals surface area contributed by atoms with Crippen molar-refractivity contribution >= 4 is 17.6 Å². The molecule has 1 heterocycles. The molecule has 1 aromatic carbocycles. The number of hydrogen-bond donors (Lipinski definition) is 0. The summed E-state index contributed by atoms with van der Waals surface area (Å²) in [6, 6.07) is 8.36. The Morgan fingerprint density at radius 1 is 1.30 bits per heavy atom. The van der Waals surface area contributed by atoms with E-state index in [4.69, 9.17) is 0 Å². The molecule has 0 aliphatic rings. The number of rotatable bonds is 5. The lowest BCUT2D eigenvalue weighted by Gasteiger charge is -2.18. The second kappa shape index (κ2) is 6.61. The van der Waals surface area contributed by atoms with Gasteiger partial charge in [0.25, 0.3) is 5.56 Å². The molecule has 20 heavy (non-hydrogen) atoms. The molecule has 0 aliphatic carbocycles. The third-order valence-electron chi connectivity index (χ3n) is 3.18. The van der Waals surface area contributed by atoms with E-state index in [-0.39, 0.29) is 5.56 Å². The van der Waals surface area contributed by atoms with Crippen LogP contribution in [0.4, 0.5) is 5.82 Å². The molecule has 0 aliphatic heterocycles. The first-order chi connectivity index (χ1) is 9.65. The van der Waals surface area contributed by atoms with Gasteiger partial charge in [-0.25, -0.2) is 4.98 Å². The summed E-state index contributed by atoms with van der Waals surface area (Å²) in [7, 11) is 1.90. The van der Waals surface area contributed by atoms with Crippen molar-refractivity contribution in [3.05, 3.63) is 52.6 Å². The molecule has 1 aromatic heterocycles. The monoisotopic (exact) mass is 289 g/mol. The number of aryl methyl sites for hydroxylation is 1. The van der Waals surface area contributed by atoms with Crippen molar-refractivity contribution in [1.82, 2.24) is 9.55 Å². The Morgan fingerprint density at radius 3 is 2.60 bits per heavy atom. The van der Waals surface area contributed by atoms with E-state index in [1.54, 1.807) is 28.7 Å². The minimum Gasteiger partial charge on any atom is -0.351 e. The van der Waals surface area contributed by atoms with Crippen LogP contribution in [-0.2, 0) is 13.1 Å². The molecule has 5 heteroatoms. The molecule has 0 radical (unpaired) electrons. The average molecular weight is 289 g/mol. The lowest BCUT2D eigenvalue weighted by atomic mass is 10.2. The molecular weight excluding hydrogens is 270 g/mol. The normalized spacial score (nSPS) is 10.6. The highest BCUT2D eigenvalue weighted by molar-refractivity contribution is 7.98. The summed E-state index contributed by atoms with van der Waals surface area (Å²) in [4.78, 5) is 19.5. The topological polar surface area (TPSA) is 38.1 Å². The second-order valence-electron chi connectivity index (χ2n) is 4.55. The van der Waals surface area contributed by atoms with Gasteiger partial charge in [-0.05, 0) is 30.9 Å². The average Bonchev–Trinajstić information content (AvgIpc) is 2.48. The van der Waals surface area contributed by atoms with Gasteiger partial charge >= 0.3 is 0 Å². The molecule has 0 bridgehead atoms. The van der Waals surface area contributed by atoms with Crippen molar-refractivity contribution < 1.29 is 0 Å². The predicted octanol–water partition coefficient (Wildman–Crippen LogP) is 2.62. The van der Waals surface area contributed by atoms with E-state index >= 15 is 0 Å². The van der Waals surface area contributed by atoms with E-state index in [2.05, 4.69) is 35.5 Å². The van der Waals surface area contributed by atoms with Gasteiger partial charge in [0.2, 0.25) is 0 Å². The Morgan fingerprint density at radius 2 is 2.00 bits per heavy atom. The van der Waals surface area contributed by atoms with Crippen molar-refractivity contribution in [3.63, 3.8) is 0 Å². The van der Waals surface area contributed by atoms with Gasteiger partial charge in [-0.15, -0.1) is 11.8 Å². The van der Waals surface area contributed by atoms with E-state index in [1.165, 1.54) is 10.5 Å². The molecule has 0 spiro atoms. The lowest BCUT2D eigenvalue weighted by molar-refractivity contribution is 0.708. The zero-order valence-corrected chi connectivity index (χ0v) is 12.9. The summed E-state index contributed by atoms with van der Waals surface area (Å²) in [5.41, 5.74) is 1.12. The quantitative estimate of drug-likeness (QED) is 0.793. The third-order valence-corrected chi connectivity index (χ3v) is 3.92. The van der Waals surface area contributed by atoms with Crippen LogP contribution in [0.25, 0.3) is 0 Å². The third kappa shape index (κ3) is 3.22. The van der Waals surface area contributed by atoms with Gasteiger partial charge in [0.15, 0.2) is 5.82 Å². The fourth-order valence-electron chi connectivity index (χ4n) is 2.03. The standard InChI is InChI=1S/C15H19N3OS/c1-4-18-10-9-16-14(15(18)19)17(2)11-12-5-7-13(20-3)8-6-12/h5-10H,4,11H2,1-3H3. The van der Waals surface area contributed by atoms with E-state index in [9.17, 15) is 4.79 Å². The predicted molar refractivity (Wildman–Crippen MR) is 84.5 cm³/mol. The summed E-state index contributed by atoms with van der Waals surface area (Å²) in [6.45, 7) is 3.28. The molecule has 2 aromatic rings. The van der Waals surface area contributed by atoms with Crippen LogP contribution in [0.1, 0.15) is 12.5 Å². The Balaban J connectivity index is 2.19. The summed E-state index contributed by atoms with van der Waals surface area (Å²) < 4.78 is 1.66. The minimum absolute atomic E-state index is 0.0433. The number of anilines is 1. The summed E-state index contributed by atoms with van der Waals surface area (Å²) >= 11 is 1.72. The van der Waals surface area contributed by atoms with Crippen molar-refractivity contribution in [2.45, 2.75) is 24.9 Å². The van der Waals surface area contributed by atoms with Gasteiger partial charge in [-0.2, -0.15) is 0 Å². The van der Waals surface area contributed by atoms with E-state index in [1.807, 2.05) is 18.9 Å². The molecule has 0 amide bonds. The Kier molecular flexibility index (Phi) is 4.84. The Bertz CT molecular complexity index is 622. The molecule has 4 nitrogen and oxygen atoms in total. The maximum atomic E-state index is 12.2. The minimum atomic E-state index is -0.0433. The number of hydrogen-bond acceptors (Lipinski definition) is 4. The van der Waals surface area contributed by atoms with Gasteiger partial charge in [0.05, 0.1) is 0 Å². The molecule has 0 saturated heterocycles. The number of nitrogens with zero attached hydrogens (tertiary/aromatic N) is 3. The van der Waals surface area contributed by atoms with E-state index in [0.29, 0.717) is 18.9 Å². The number of thioether (sulfide) groups is 1. The van der Waals surface area contributed by atoms with Crippen LogP contribution in [0.3, 0.4) is 0 Å². The van der Waals surface area contributed by atoms with Crippen molar-refractivity contribution in [1.29, 1.82) is 0 Å². The zero-order valence-electron chi connectivity index (χ0n) is 12.0. The van der Waals surface area contributed by atoms with Crippen LogP contribution in [0, 0.1) is 0 Å². The maximum absolute atomic E-state index is 12.2. The Labute approximate surface area is 123 Å². The first-order valence-corrected chi connectivity index (χ1v) is 7.77. The van der Waals surface area contributed by atoms with Crippen LogP contribution in [0.2, 0.25) is 0 Å². The molecule has 0 N–H and O–H groups in total. The molecular formula is C15H19N3OS. The maximum Gasteiger partial charge on any atom is 0.293 e. The van der Waals surface area contributed by atoms with E-state index in [0.717, 1.165) is 0 Å². The van der Waals surface area contributed by atoms with Crippen molar-refractivity contribution in [2.75, 3.05) is 18.2 Å². The van der Waals surface area contributed by atoms with Gasteiger partial charge < -0.3 is 9.47 Å². The summed E-state index contributed by atoms with van der Waals surface area (Å²) in [5.74, 6) is 0.489. The fourth-order valence-corrected chi connectivity index (χ4v) is 2.43. The summed E-state index contributed by atoms with van der Waals surface area (Å²) in [6.07, 6.45) is 5.45. The largest absolute Gasteiger partial charge is 0.351 e. The number of benzene rings is 1. The molecule has 0 saturated carbocycles. The first-order valence-electron chi connectivity index (χ1n) is 6.55. The van der Waals surface area contributed by atoms with Crippen LogP contribution in [0.5, 0.6) is 0 Å². The van der Waals surface area contributed by atoms with E-state index < -0.39 is 0 Å². The number of aromatic nitrogens is 2. The van der Waals surface area contributed by atoms with Crippen LogP contribution in [0.15, 0.2) is 46.3 Å². The van der Waals surface area contributed by atoms with Gasteiger partial charge in [-0.3, -0.25) is 4.79 Å². The van der Waals surface area contributed by atoms with Gasteiger partial charge in [-0.1, -0.05) is 12.1 Å². The SMILES string of the molecule is CCn1ccnc(N(C)Cc2ccc(SC)cc2)c1=O. The van der Waals surface area contributed by atoms with Gasteiger partial charge in [0.1, 0.15) is 0 Å².